The van der Waals surface area contributed by atoms with Crippen molar-refractivity contribution in [3.63, 3.8) is 0 Å². The summed E-state index contributed by atoms with van der Waals surface area (Å²) in [7, 11) is 0. The van der Waals surface area contributed by atoms with Crippen LogP contribution >= 0.6 is 0 Å². The first kappa shape index (κ1) is 9.17. The van der Waals surface area contributed by atoms with E-state index in [0.717, 1.165) is 17.9 Å². The number of hydrogen-bond acceptors (Lipinski definition) is 2. The molecule has 0 aromatic heterocycles. The van der Waals surface area contributed by atoms with Crippen molar-refractivity contribution in [1.29, 1.82) is 0 Å². The molecule has 2 atom stereocenters. The quantitative estimate of drug-likeness (QED) is 0.721. The molecule has 2 saturated carbocycles. The molecule has 0 spiro atoms. The first-order valence-corrected chi connectivity index (χ1v) is 6.23. The van der Waals surface area contributed by atoms with Gasteiger partial charge in [-0.25, -0.2) is 0 Å². The fraction of sp³-hybridized carbons (Fsp3) is 1.00. The Hall–Kier alpha value is -0.0800. The van der Waals surface area contributed by atoms with Crippen LogP contribution in [0, 0.1) is 17.8 Å². The van der Waals surface area contributed by atoms with E-state index in [1.54, 1.807) is 0 Å². The minimum atomic E-state index is 0.438. The molecule has 80 valence electrons. The second-order valence-corrected chi connectivity index (χ2v) is 5.48. The zero-order valence-corrected chi connectivity index (χ0v) is 8.86. The van der Waals surface area contributed by atoms with Gasteiger partial charge in [0.05, 0.1) is 0 Å². The molecule has 0 amide bonds. The Morgan fingerprint density at radius 3 is 2.14 bits per heavy atom. The molecule has 0 aromatic rings. The smallest absolute Gasteiger partial charge is 0.0465 e. The Bertz CT molecular complexity index is 200. The van der Waals surface area contributed by atoms with Crippen molar-refractivity contribution in [2.24, 2.45) is 17.8 Å². The monoisotopic (exact) mass is 195 g/mol. The first-order valence-electron chi connectivity index (χ1n) is 6.23. The Morgan fingerprint density at radius 1 is 1.00 bits per heavy atom. The highest BCUT2D eigenvalue weighted by Gasteiger charge is 2.42. The third kappa shape index (κ3) is 1.49. The molecule has 1 saturated heterocycles. The number of aliphatic hydroxyl groups excluding tert-OH is 1. The Kier molecular flexibility index (Phi) is 2.29. The third-order valence-electron chi connectivity index (χ3n) is 4.57. The lowest BCUT2D eigenvalue weighted by atomic mass is 9.69. The number of piperidine rings is 1. The van der Waals surface area contributed by atoms with Gasteiger partial charge >= 0.3 is 0 Å². The van der Waals surface area contributed by atoms with Gasteiger partial charge in [-0.05, 0) is 43.4 Å². The molecule has 2 heteroatoms. The van der Waals surface area contributed by atoms with E-state index in [1.165, 1.54) is 45.2 Å². The number of fused-ring (bicyclic) bond motifs is 2. The van der Waals surface area contributed by atoms with E-state index in [1.807, 2.05) is 0 Å². The molecule has 2 bridgehead atoms. The van der Waals surface area contributed by atoms with Gasteiger partial charge in [0.2, 0.25) is 0 Å². The maximum absolute atomic E-state index is 9.42. The Morgan fingerprint density at radius 2 is 1.64 bits per heavy atom. The van der Waals surface area contributed by atoms with Gasteiger partial charge in [0.1, 0.15) is 0 Å². The van der Waals surface area contributed by atoms with Gasteiger partial charge in [-0.3, -0.25) is 4.90 Å². The van der Waals surface area contributed by atoms with E-state index >= 15 is 0 Å². The van der Waals surface area contributed by atoms with Crippen LogP contribution in [0.25, 0.3) is 0 Å². The average molecular weight is 195 g/mol. The van der Waals surface area contributed by atoms with Crippen LogP contribution in [0.4, 0.5) is 0 Å². The maximum Gasteiger partial charge on any atom is 0.0465 e. The van der Waals surface area contributed by atoms with E-state index < -0.39 is 0 Å². The molecule has 1 aliphatic heterocycles. The van der Waals surface area contributed by atoms with E-state index in [0.29, 0.717) is 12.5 Å². The van der Waals surface area contributed by atoms with Crippen LogP contribution < -0.4 is 0 Å². The van der Waals surface area contributed by atoms with E-state index in [4.69, 9.17) is 0 Å². The highest BCUT2D eigenvalue weighted by Crippen LogP contribution is 2.42. The van der Waals surface area contributed by atoms with Crippen LogP contribution in [-0.4, -0.2) is 35.7 Å². The van der Waals surface area contributed by atoms with Crippen molar-refractivity contribution in [2.45, 2.75) is 38.1 Å². The molecule has 2 aliphatic carbocycles. The summed E-state index contributed by atoms with van der Waals surface area (Å²) in [5.74, 6) is 2.26. The number of aliphatic hydroxyl groups is 1. The predicted octanol–water partition coefficient (Wildman–Crippen LogP) is 1.49. The Labute approximate surface area is 86.3 Å². The zero-order chi connectivity index (χ0) is 9.54. The molecule has 2 unspecified atom stereocenters. The molecule has 3 aliphatic rings. The third-order valence-corrected chi connectivity index (χ3v) is 4.57. The second kappa shape index (κ2) is 3.49. The fourth-order valence-electron chi connectivity index (χ4n) is 3.62. The lowest BCUT2D eigenvalue weighted by Gasteiger charge is -2.47. The maximum atomic E-state index is 9.42. The predicted molar refractivity (Wildman–Crippen MR) is 56.0 cm³/mol. The topological polar surface area (TPSA) is 23.5 Å². The van der Waals surface area contributed by atoms with Crippen LogP contribution in [0.3, 0.4) is 0 Å². The highest BCUT2D eigenvalue weighted by atomic mass is 16.3. The minimum absolute atomic E-state index is 0.438. The van der Waals surface area contributed by atoms with Crippen molar-refractivity contribution in [3.05, 3.63) is 0 Å². The second-order valence-electron chi connectivity index (χ2n) is 5.48. The van der Waals surface area contributed by atoms with Gasteiger partial charge in [0.25, 0.3) is 0 Å². The molecule has 1 N–H and O–H groups in total. The summed E-state index contributed by atoms with van der Waals surface area (Å²) < 4.78 is 0. The summed E-state index contributed by atoms with van der Waals surface area (Å²) in [6, 6.07) is 0.928. The van der Waals surface area contributed by atoms with Gasteiger partial charge in [0, 0.05) is 25.7 Å². The van der Waals surface area contributed by atoms with Gasteiger partial charge < -0.3 is 5.11 Å². The average Bonchev–Trinajstić information content (AvgIpc) is 2.98. The molecular weight excluding hydrogens is 174 g/mol. The van der Waals surface area contributed by atoms with Crippen LogP contribution in [0.1, 0.15) is 32.1 Å². The summed E-state index contributed by atoms with van der Waals surface area (Å²) >= 11 is 0. The molecule has 2 nitrogen and oxygen atoms in total. The number of nitrogens with zero attached hydrogens (tertiary/aromatic N) is 1. The molecular formula is C12H21NO. The summed E-state index contributed by atoms with van der Waals surface area (Å²) in [5.41, 5.74) is 0. The van der Waals surface area contributed by atoms with E-state index in [9.17, 15) is 5.11 Å². The fourth-order valence-corrected chi connectivity index (χ4v) is 3.62. The van der Waals surface area contributed by atoms with Crippen LogP contribution in [0.2, 0.25) is 0 Å². The Balaban J connectivity index is 1.71. The molecule has 3 rings (SSSR count). The number of rotatable bonds is 2. The summed E-state index contributed by atoms with van der Waals surface area (Å²) in [6.45, 7) is 3.01. The largest absolute Gasteiger partial charge is 0.396 e. The summed E-state index contributed by atoms with van der Waals surface area (Å²) in [5, 5.41) is 9.42. The van der Waals surface area contributed by atoms with Crippen molar-refractivity contribution in [3.8, 4) is 0 Å². The van der Waals surface area contributed by atoms with E-state index in [2.05, 4.69) is 4.90 Å². The SMILES string of the molecule is OCC1C2CCCC1CN(C1CC1)C2. The van der Waals surface area contributed by atoms with Crippen molar-refractivity contribution < 1.29 is 5.11 Å². The van der Waals surface area contributed by atoms with Crippen molar-refractivity contribution in [1.82, 2.24) is 4.90 Å². The molecule has 0 aromatic carbocycles. The molecule has 0 radical (unpaired) electrons. The van der Waals surface area contributed by atoms with Crippen molar-refractivity contribution >= 4 is 0 Å². The lowest BCUT2D eigenvalue weighted by molar-refractivity contribution is -0.00977. The van der Waals surface area contributed by atoms with Crippen LogP contribution in [0.15, 0.2) is 0 Å². The minimum Gasteiger partial charge on any atom is -0.396 e. The molecule has 1 heterocycles. The summed E-state index contributed by atoms with van der Waals surface area (Å²) in [6.07, 6.45) is 7.01. The summed E-state index contributed by atoms with van der Waals surface area (Å²) in [4.78, 5) is 2.71. The van der Waals surface area contributed by atoms with Crippen LogP contribution in [-0.2, 0) is 0 Å². The normalized spacial score (nSPS) is 43.9. The molecule has 14 heavy (non-hydrogen) atoms. The van der Waals surface area contributed by atoms with Gasteiger partial charge in [0.15, 0.2) is 0 Å². The lowest BCUT2D eigenvalue weighted by Crippen LogP contribution is -2.50. The van der Waals surface area contributed by atoms with Gasteiger partial charge in [-0.2, -0.15) is 0 Å². The molecule has 3 fully saturated rings. The number of hydrogen-bond donors (Lipinski definition) is 1. The first-order chi connectivity index (χ1) is 6.88. The number of likely N-dealkylation sites (tertiary alicyclic amines) is 1. The van der Waals surface area contributed by atoms with Gasteiger partial charge in [-0.1, -0.05) is 6.42 Å². The van der Waals surface area contributed by atoms with E-state index in [-0.39, 0.29) is 0 Å². The standard InChI is InChI=1S/C12H21NO/c14-8-12-9-2-1-3-10(12)7-13(6-9)11-4-5-11/h9-12,14H,1-8H2. The highest BCUT2D eigenvalue weighted by molar-refractivity contribution is 4.95. The zero-order valence-electron chi connectivity index (χ0n) is 8.86. The van der Waals surface area contributed by atoms with Crippen LogP contribution in [0.5, 0.6) is 0 Å². The van der Waals surface area contributed by atoms with Crippen molar-refractivity contribution in [2.75, 3.05) is 19.7 Å². The van der Waals surface area contributed by atoms with Gasteiger partial charge in [-0.15, -0.1) is 0 Å².